The number of rotatable bonds is 5. The van der Waals surface area contributed by atoms with E-state index in [1.54, 1.807) is 0 Å². The second kappa shape index (κ2) is 8.37. The predicted molar refractivity (Wildman–Crippen MR) is 105 cm³/mol. The van der Waals surface area contributed by atoms with Gasteiger partial charge in [-0.3, -0.25) is 4.79 Å². The van der Waals surface area contributed by atoms with Gasteiger partial charge in [-0.2, -0.15) is 5.26 Å². The molecule has 0 radical (unpaired) electrons. The topological polar surface area (TPSA) is 65.8 Å². The van der Waals surface area contributed by atoms with Gasteiger partial charge in [-0.05, 0) is 68.4 Å². The molecule has 134 valence electrons. The van der Waals surface area contributed by atoms with Crippen molar-refractivity contribution in [3.05, 3.63) is 52.7 Å². The molecule has 1 N–H and O–H groups in total. The highest BCUT2D eigenvalue weighted by Gasteiger charge is 2.22. The van der Waals surface area contributed by atoms with Crippen LogP contribution in [-0.4, -0.2) is 16.1 Å². The van der Waals surface area contributed by atoms with Crippen molar-refractivity contribution in [1.82, 2.24) is 4.98 Å². The first kappa shape index (κ1) is 18.5. The Bertz CT molecular complexity index is 857. The lowest BCUT2D eigenvalue weighted by molar-refractivity contribution is -0.115. The molecule has 26 heavy (non-hydrogen) atoms. The van der Waals surface area contributed by atoms with Crippen LogP contribution in [0.25, 0.3) is 0 Å². The third kappa shape index (κ3) is 4.25. The number of benzene rings is 1. The molecule has 0 saturated carbocycles. The lowest BCUT2D eigenvalue weighted by Gasteiger charge is -2.19. The molecule has 1 aromatic heterocycles. The van der Waals surface area contributed by atoms with E-state index in [0.717, 1.165) is 42.6 Å². The van der Waals surface area contributed by atoms with E-state index >= 15 is 0 Å². The minimum Gasteiger partial charge on any atom is -0.325 e. The molecular weight excluding hydrogens is 342 g/mol. The van der Waals surface area contributed by atoms with Crippen LogP contribution in [0.5, 0.6) is 0 Å². The van der Waals surface area contributed by atoms with E-state index in [-0.39, 0.29) is 11.2 Å². The molecule has 1 unspecified atom stereocenters. The largest absolute Gasteiger partial charge is 0.325 e. The van der Waals surface area contributed by atoms with Crippen LogP contribution in [0.15, 0.2) is 35.4 Å². The van der Waals surface area contributed by atoms with Gasteiger partial charge in [0.25, 0.3) is 0 Å². The van der Waals surface area contributed by atoms with Crippen molar-refractivity contribution in [3.63, 3.8) is 0 Å². The number of pyridine rings is 1. The predicted octanol–water partition coefficient (Wildman–Crippen LogP) is 4.65. The zero-order valence-electron chi connectivity index (χ0n) is 15.2. The summed E-state index contributed by atoms with van der Waals surface area (Å²) in [5, 5.41) is 12.9. The summed E-state index contributed by atoms with van der Waals surface area (Å²) in [7, 11) is 0. The average molecular weight is 366 g/mol. The zero-order valence-corrected chi connectivity index (χ0v) is 16.0. The summed E-state index contributed by atoms with van der Waals surface area (Å²) in [6.07, 6.45) is 4.92. The van der Waals surface area contributed by atoms with Gasteiger partial charge in [0.15, 0.2) is 0 Å². The molecule has 0 spiro atoms. The Morgan fingerprint density at radius 1 is 1.35 bits per heavy atom. The molecule has 1 aliphatic rings. The van der Waals surface area contributed by atoms with Crippen molar-refractivity contribution in [2.45, 2.75) is 56.2 Å². The number of carbonyl (C=O) groups excluding carboxylic acids is 1. The molecular formula is C21H23N3OS. The van der Waals surface area contributed by atoms with Crippen LogP contribution >= 0.6 is 11.8 Å². The second-order valence-electron chi connectivity index (χ2n) is 6.64. The Morgan fingerprint density at radius 2 is 2.15 bits per heavy atom. The fourth-order valence-corrected chi connectivity index (χ4v) is 4.18. The number of amides is 1. The van der Waals surface area contributed by atoms with E-state index in [1.807, 2.05) is 44.2 Å². The number of fused-ring (bicyclic) bond motifs is 1. The van der Waals surface area contributed by atoms with Crippen LogP contribution in [0.3, 0.4) is 0 Å². The quantitative estimate of drug-likeness (QED) is 0.783. The third-order valence-corrected chi connectivity index (χ3v) is 5.96. The standard InChI is InChI=1S/C21H23N3OS/c1-3-19(20(25)23-17-9-6-7-14(2)11-17)26-21-16(13-22)12-15-8-4-5-10-18(15)24-21/h6-7,9,11-12,19H,3-5,8,10H2,1-2H3,(H,23,25). The summed E-state index contributed by atoms with van der Waals surface area (Å²) < 4.78 is 0. The lowest BCUT2D eigenvalue weighted by Crippen LogP contribution is -2.25. The van der Waals surface area contributed by atoms with Crippen molar-refractivity contribution in [3.8, 4) is 6.07 Å². The molecule has 5 heteroatoms. The molecule has 1 atom stereocenters. The summed E-state index contributed by atoms with van der Waals surface area (Å²) in [4.78, 5) is 17.4. The van der Waals surface area contributed by atoms with Gasteiger partial charge >= 0.3 is 0 Å². The fraction of sp³-hybridized carbons (Fsp3) is 0.381. The summed E-state index contributed by atoms with van der Waals surface area (Å²) in [6.45, 7) is 3.98. The van der Waals surface area contributed by atoms with Crippen molar-refractivity contribution < 1.29 is 4.79 Å². The number of hydrogen-bond acceptors (Lipinski definition) is 4. The van der Waals surface area contributed by atoms with Gasteiger partial charge in [0.1, 0.15) is 11.1 Å². The number of nitriles is 1. The first-order valence-corrected chi connectivity index (χ1v) is 9.95. The maximum Gasteiger partial charge on any atom is 0.237 e. The lowest BCUT2D eigenvalue weighted by atomic mass is 9.95. The van der Waals surface area contributed by atoms with Crippen molar-refractivity contribution in [2.75, 3.05) is 5.32 Å². The maximum absolute atomic E-state index is 12.7. The highest BCUT2D eigenvalue weighted by molar-refractivity contribution is 8.00. The number of aryl methyl sites for hydroxylation is 3. The Morgan fingerprint density at radius 3 is 2.88 bits per heavy atom. The molecule has 1 heterocycles. The number of aromatic nitrogens is 1. The number of hydrogen-bond donors (Lipinski definition) is 1. The summed E-state index contributed by atoms with van der Waals surface area (Å²) >= 11 is 1.40. The normalized spacial score (nSPS) is 14.2. The van der Waals surface area contributed by atoms with Crippen LogP contribution in [0.2, 0.25) is 0 Å². The van der Waals surface area contributed by atoms with Crippen molar-refractivity contribution in [1.29, 1.82) is 5.26 Å². The molecule has 4 nitrogen and oxygen atoms in total. The monoisotopic (exact) mass is 365 g/mol. The van der Waals surface area contributed by atoms with Crippen molar-refractivity contribution in [2.24, 2.45) is 0 Å². The van der Waals surface area contributed by atoms with Gasteiger partial charge in [0.2, 0.25) is 5.91 Å². The Labute approximate surface area is 159 Å². The Kier molecular flexibility index (Phi) is 5.95. The summed E-state index contributed by atoms with van der Waals surface area (Å²) in [5.74, 6) is -0.0495. The van der Waals surface area contributed by atoms with E-state index in [2.05, 4.69) is 11.4 Å². The van der Waals surface area contributed by atoms with E-state index in [4.69, 9.17) is 4.98 Å². The molecule has 0 aliphatic heterocycles. The Hall–Kier alpha value is -2.32. The average Bonchev–Trinajstić information content (AvgIpc) is 2.65. The highest BCUT2D eigenvalue weighted by Crippen LogP contribution is 2.31. The maximum atomic E-state index is 12.7. The molecule has 0 saturated heterocycles. The van der Waals surface area contributed by atoms with E-state index in [0.29, 0.717) is 17.0 Å². The zero-order chi connectivity index (χ0) is 18.5. The van der Waals surface area contributed by atoms with Gasteiger partial charge < -0.3 is 5.32 Å². The molecule has 3 rings (SSSR count). The summed E-state index contributed by atoms with van der Waals surface area (Å²) in [6, 6.07) is 12.0. The third-order valence-electron chi connectivity index (χ3n) is 4.59. The summed E-state index contributed by atoms with van der Waals surface area (Å²) in [5.41, 5.74) is 4.76. The van der Waals surface area contributed by atoms with Crippen molar-refractivity contribution >= 4 is 23.4 Å². The minimum atomic E-state index is -0.281. The second-order valence-corrected chi connectivity index (χ2v) is 7.83. The smallest absolute Gasteiger partial charge is 0.237 e. The van der Waals surface area contributed by atoms with Crippen LogP contribution < -0.4 is 5.32 Å². The Balaban J connectivity index is 1.79. The van der Waals surface area contributed by atoms with Gasteiger partial charge in [-0.25, -0.2) is 4.98 Å². The SMILES string of the molecule is CCC(Sc1nc2c(cc1C#N)CCCC2)C(=O)Nc1cccc(C)c1. The van der Waals surface area contributed by atoms with Crippen LogP contribution in [0.1, 0.15) is 48.6 Å². The molecule has 0 bridgehead atoms. The molecule has 0 fully saturated rings. The number of anilines is 1. The van der Waals surface area contributed by atoms with E-state index in [9.17, 15) is 10.1 Å². The molecule has 2 aromatic rings. The van der Waals surface area contributed by atoms with Crippen LogP contribution in [-0.2, 0) is 17.6 Å². The molecule has 1 aliphatic carbocycles. The van der Waals surface area contributed by atoms with Crippen LogP contribution in [0.4, 0.5) is 5.69 Å². The van der Waals surface area contributed by atoms with Gasteiger partial charge in [-0.15, -0.1) is 0 Å². The molecule has 1 aromatic carbocycles. The molecule has 1 amide bonds. The van der Waals surface area contributed by atoms with Gasteiger partial charge in [-0.1, -0.05) is 30.8 Å². The number of carbonyl (C=O) groups is 1. The minimum absolute atomic E-state index is 0.0495. The van der Waals surface area contributed by atoms with Crippen LogP contribution in [0, 0.1) is 18.3 Å². The number of nitrogens with one attached hydrogen (secondary N) is 1. The number of thioether (sulfide) groups is 1. The van der Waals surface area contributed by atoms with Gasteiger partial charge in [0, 0.05) is 11.4 Å². The van der Waals surface area contributed by atoms with E-state index in [1.165, 1.54) is 17.3 Å². The first-order valence-electron chi connectivity index (χ1n) is 9.07. The first-order chi connectivity index (χ1) is 12.6. The van der Waals surface area contributed by atoms with E-state index < -0.39 is 0 Å². The number of nitrogens with zero attached hydrogens (tertiary/aromatic N) is 2. The fourth-order valence-electron chi connectivity index (χ4n) is 3.19. The highest BCUT2D eigenvalue weighted by atomic mass is 32.2. The van der Waals surface area contributed by atoms with Gasteiger partial charge in [0.05, 0.1) is 10.8 Å².